The molecule has 0 aliphatic carbocycles. The van der Waals surface area contributed by atoms with E-state index < -0.39 is 23.6 Å². The summed E-state index contributed by atoms with van der Waals surface area (Å²) in [5.41, 5.74) is 6.52. The minimum absolute atomic E-state index is 0.0169. The third-order valence-corrected chi connectivity index (χ3v) is 7.31. The van der Waals surface area contributed by atoms with Crippen molar-refractivity contribution in [3.05, 3.63) is 118 Å². The number of hydrazine groups is 1. The molecule has 5 rings (SSSR count). The molecule has 1 unspecified atom stereocenters. The number of benzene rings is 2. The molecule has 2 aliphatic rings. The fourth-order valence-corrected chi connectivity index (χ4v) is 5.10. The summed E-state index contributed by atoms with van der Waals surface area (Å²) in [4.78, 5) is 22.2. The van der Waals surface area contributed by atoms with Gasteiger partial charge in [-0.3, -0.25) is 25.2 Å². The maximum Gasteiger partial charge on any atom is 0.416 e. The molecule has 230 valence electrons. The molecular formula is C31H30ClF3N6O3. The molecule has 2 aliphatic heterocycles. The van der Waals surface area contributed by atoms with E-state index in [4.69, 9.17) is 21.1 Å². The number of halogens is 4. The first-order valence-corrected chi connectivity index (χ1v) is 14.2. The minimum atomic E-state index is -4.48. The van der Waals surface area contributed by atoms with Crippen LogP contribution < -0.4 is 20.8 Å². The molecule has 3 aromatic rings. The van der Waals surface area contributed by atoms with Crippen LogP contribution in [-0.4, -0.2) is 42.2 Å². The number of esters is 1. The van der Waals surface area contributed by atoms with Crippen LogP contribution in [0.15, 0.2) is 95.3 Å². The van der Waals surface area contributed by atoms with Crippen LogP contribution in [0.25, 0.3) is 0 Å². The van der Waals surface area contributed by atoms with Gasteiger partial charge in [-0.05, 0) is 60.4 Å². The summed E-state index contributed by atoms with van der Waals surface area (Å²) >= 11 is 6.15. The van der Waals surface area contributed by atoms with Crippen LogP contribution in [-0.2, 0) is 28.7 Å². The molecule has 0 radical (unpaired) electrons. The first-order chi connectivity index (χ1) is 21.2. The largest absolute Gasteiger partial charge is 0.497 e. The predicted molar refractivity (Wildman–Crippen MR) is 159 cm³/mol. The van der Waals surface area contributed by atoms with Crippen LogP contribution in [0.4, 0.5) is 13.2 Å². The zero-order valence-electron chi connectivity index (χ0n) is 23.9. The number of aromatic nitrogens is 1. The number of ether oxygens (including phenoxy) is 2. The highest BCUT2D eigenvalue weighted by molar-refractivity contribution is 6.31. The van der Waals surface area contributed by atoms with Gasteiger partial charge in [0, 0.05) is 30.2 Å². The number of methoxy groups -OCH3 is 1. The fourth-order valence-electron chi connectivity index (χ4n) is 4.82. The molecule has 1 atom stereocenters. The predicted octanol–water partition coefficient (Wildman–Crippen LogP) is 5.27. The van der Waals surface area contributed by atoms with Gasteiger partial charge in [-0.25, -0.2) is 0 Å². The number of rotatable bonds is 10. The maximum absolute atomic E-state index is 13.4. The Morgan fingerprint density at radius 2 is 1.93 bits per heavy atom. The fraction of sp³-hybridized carbons (Fsp3) is 0.258. The molecule has 1 aromatic heterocycles. The molecular weight excluding hydrogens is 597 g/mol. The van der Waals surface area contributed by atoms with E-state index in [2.05, 4.69) is 26.0 Å². The number of guanidine groups is 1. The maximum atomic E-state index is 13.4. The normalized spacial score (nSPS) is 16.0. The van der Waals surface area contributed by atoms with Gasteiger partial charge in [0.05, 0.1) is 42.9 Å². The number of hydrogen-bond acceptors (Lipinski definition) is 7. The number of fused-ring (bicyclic) bond motifs is 1. The van der Waals surface area contributed by atoms with Crippen molar-refractivity contribution in [2.75, 3.05) is 20.3 Å². The van der Waals surface area contributed by atoms with Gasteiger partial charge in [0.2, 0.25) is 0 Å². The standard InChI is InChI=1S/C31H30ClF3N6O3/c1-3-44-29(42)26(21-5-4-13-36-16-21)28-27-25(18-41(40-27)17-19-6-10-23(43-2)11-7-19)38-30(39-28)37-14-12-20-8-9-22(15-24(20)32)31(33,34)35/h4-11,13,15-16,18,26,40H,3,12,14,17H2,1-2H3,(H2,37,38,39). The average molecular weight is 627 g/mol. The van der Waals surface area contributed by atoms with E-state index in [1.165, 1.54) is 6.07 Å². The smallest absolute Gasteiger partial charge is 0.416 e. The molecule has 9 nitrogen and oxygen atoms in total. The number of nitrogens with one attached hydrogen (secondary N) is 3. The Labute approximate surface area is 257 Å². The van der Waals surface area contributed by atoms with Crippen LogP contribution in [0.3, 0.4) is 0 Å². The molecule has 3 N–H and O–H groups in total. The summed E-state index contributed by atoms with van der Waals surface area (Å²) < 4.78 is 49.9. The summed E-state index contributed by atoms with van der Waals surface area (Å²) in [6.07, 6.45) is 0.908. The van der Waals surface area contributed by atoms with Crippen LogP contribution in [0, 0.1) is 0 Å². The number of nitrogens with zero attached hydrogens (tertiary/aromatic N) is 3. The second-order valence-electron chi connectivity index (χ2n) is 9.92. The van der Waals surface area contributed by atoms with E-state index in [-0.39, 0.29) is 18.2 Å². The molecule has 44 heavy (non-hydrogen) atoms. The lowest BCUT2D eigenvalue weighted by molar-refractivity contribution is -0.144. The zero-order valence-corrected chi connectivity index (χ0v) is 24.7. The number of aliphatic imine (C=N–C) groups is 1. The first kappa shape index (κ1) is 30.7. The molecule has 0 bridgehead atoms. The lowest BCUT2D eigenvalue weighted by Gasteiger charge is -2.29. The van der Waals surface area contributed by atoms with E-state index in [0.717, 1.165) is 23.4 Å². The van der Waals surface area contributed by atoms with E-state index in [9.17, 15) is 18.0 Å². The third-order valence-electron chi connectivity index (χ3n) is 6.96. The Morgan fingerprint density at radius 3 is 2.59 bits per heavy atom. The number of carbonyl (C=O) groups is 1. The highest BCUT2D eigenvalue weighted by Crippen LogP contribution is 2.33. The van der Waals surface area contributed by atoms with Crippen molar-refractivity contribution in [1.82, 2.24) is 26.1 Å². The van der Waals surface area contributed by atoms with Crippen molar-refractivity contribution in [2.45, 2.75) is 32.0 Å². The second-order valence-corrected chi connectivity index (χ2v) is 10.3. The van der Waals surface area contributed by atoms with Crippen molar-refractivity contribution in [3.8, 4) is 5.75 Å². The van der Waals surface area contributed by atoms with Gasteiger partial charge in [-0.15, -0.1) is 0 Å². The van der Waals surface area contributed by atoms with Gasteiger partial charge < -0.3 is 20.1 Å². The Bertz CT molecular complexity index is 1590. The number of hydrogen-bond donors (Lipinski definition) is 3. The van der Waals surface area contributed by atoms with Crippen LogP contribution in [0.5, 0.6) is 5.75 Å². The Balaban J connectivity index is 1.44. The van der Waals surface area contributed by atoms with Crippen LogP contribution in [0.2, 0.25) is 5.02 Å². The summed E-state index contributed by atoms with van der Waals surface area (Å²) in [5.74, 6) is -0.224. The molecule has 2 aromatic carbocycles. The zero-order chi connectivity index (χ0) is 31.3. The second kappa shape index (κ2) is 13.3. The van der Waals surface area contributed by atoms with Gasteiger partial charge in [-0.1, -0.05) is 35.9 Å². The highest BCUT2D eigenvalue weighted by atomic mass is 35.5. The number of pyridine rings is 1. The topological polar surface area (TPSA) is 100 Å². The minimum Gasteiger partial charge on any atom is -0.497 e. The van der Waals surface area contributed by atoms with Crippen molar-refractivity contribution in [1.29, 1.82) is 0 Å². The van der Waals surface area contributed by atoms with E-state index >= 15 is 0 Å². The summed E-state index contributed by atoms with van der Waals surface area (Å²) in [7, 11) is 1.61. The lowest BCUT2D eigenvalue weighted by atomic mass is 9.94. The summed E-state index contributed by atoms with van der Waals surface area (Å²) in [6.45, 7) is 2.63. The van der Waals surface area contributed by atoms with E-state index in [1.54, 1.807) is 38.6 Å². The van der Waals surface area contributed by atoms with Gasteiger partial charge in [-0.2, -0.15) is 13.2 Å². The van der Waals surface area contributed by atoms with Crippen molar-refractivity contribution < 1.29 is 27.4 Å². The van der Waals surface area contributed by atoms with Gasteiger partial charge in [0.25, 0.3) is 0 Å². The lowest BCUT2D eigenvalue weighted by Crippen LogP contribution is -2.46. The Hall–Kier alpha value is -4.71. The SMILES string of the molecule is CCOC(=O)C(C1=C2NN(Cc3ccc(OC)cc3)C=C2NC(=NCCc2ccc(C(F)(F)F)cc2Cl)N1)c1cccnc1. The van der Waals surface area contributed by atoms with Crippen molar-refractivity contribution >= 4 is 23.5 Å². The highest BCUT2D eigenvalue weighted by Gasteiger charge is 2.36. The molecule has 0 saturated carbocycles. The summed E-state index contributed by atoms with van der Waals surface area (Å²) in [5, 5.41) is 8.40. The first-order valence-electron chi connectivity index (χ1n) is 13.8. The third kappa shape index (κ3) is 7.08. The molecule has 0 fully saturated rings. The van der Waals surface area contributed by atoms with Crippen LogP contribution in [0.1, 0.15) is 35.1 Å². The molecule has 13 heteroatoms. The van der Waals surface area contributed by atoms with Gasteiger partial charge >= 0.3 is 12.1 Å². The summed E-state index contributed by atoms with van der Waals surface area (Å²) in [6, 6.07) is 14.5. The van der Waals surface area contributed by atoms with E-state index in [0.29, 0.717) is 47.1 Å². The average Bonchev–Trinajstić information content (AvgIpc) is 3.41. The van der Waals surface area contributed by atoms with Gasteiger partial charge in [0.15, 0.2) is 5.96 Å². The molecule has 0 spiro atoms. The Morgan fingerprint density at radius 1 is 1.14 bits per heavy atom. The van der Waals surface area contributed by atoms with Gasteiger partial charge in [0.1, 0.15) is 11.7 Å². The molecule has 0 saturated heterocycles. The number of alkyl halides is 3. The molecule has 3 heterocycles. The molecule has 0 amide bonds. The van der Waals surface area contributed by atoms with Crippen LogP contribution >= 0.6 is 11.6 Å². The van der Waals surface area contributed by atoms with Crippen molar-refractivity contribution in [3.63, 3.8) is 0 Å². The number of carbonyl (C=O) groups excluding carboxylic acids is 1. The quantitative estimate of drug-likeness (QED) is 0.262. The van der Waals surface area contributed by atoms with E-state index in [1.807, 2.05) is 35.5 Å². The van der Waals surface area contributed by atoms with Crippen molar-refractivity contribution in [2.24, 2.45) is 4.99 Å². The monoisotopic (exact) mass is 626 g/mol. The Kier molecular flexibility index (Phi) is 9.29.